The Balaban J connectivity index is 1.67. The van der Waals surface area contributed by atoms with Crippen LogP contribution in [-0.4, -0.2) is 48.8 Å². The van der Waals surface area contributed by atoms with Gasteiger partial charge in [-0.2, -0.15) is 0 Å². The molecule has 1 aliphatic heterocycles. The molecule has 5 nitrogen and oxygen atoms in total. The molecule has 7 heteroatoms. The molecule has 1 aromatic rings. The van der Waals surface area contributed by atoms with Crippen molar-refractivity contribution in [2.45, 2.75) is 95.6 Å². The van der Waals surface area contributed by atoms with Crippen molar-refractivity contribution in [3.8, 4) is 0 Å². The molecule has 0 radical (unpaired) electrons. The summed E-state index contributed by atoms with van der Waals surface area (Å²) in [4.78, 5) is 15.2. The first-order valence-electron chi connectivity index (χ1n) is 14.0. The number of halogens is 2. The largest absolute Gasteiger partial charge is 0.385 e. The van der Waals surface area contributed by atoms with Gasteiger partial charge in [0.2, 0.25) is 5.91 Å². The predicted molar refractivity (Wildman–Crippen MR) is 143 cm³/mol. The maximum absolute atomic E-state index is 15.1. The highest BCUT2D eigenvalue weighted by molar-refractivity contribution is 6.30. The molecule has 0 bridgehead atoms. The second kappa shape index (κ2) is 14.1. The van der Waals surface area contributed by atoms with E-state index in [1.54, 1.807) is 19.2 Å². The predicted octanol–water partition coefficient (Wildman–Crippen LogP) is 6.05. The number of methoxy groups -OCH3 is 1. The summed E-state index contributed by atoms with van der Waals surface area (Å²) in [6.45, 7) is 3.75. The lowest BCUT2D eigenvalue weighted by molar-refractivity contribution is -0.138. The van der Waals surface area contributed by atoms with E-state index in [0.717, 1.165) is 25.7 Å². The maximum Gasteiger partial charge on any atom is 0.222 e. The summed E-state index contributed by atoms with van der Waals surface area (Å²) in [5.74, 6) is 0.0418. The average Bonchev–Trinajstić information content (AvgIpc) is 2.88. The number of unbranched alkanes of at least 4 members (excludes halogenated alkanes) is 1. The Hall–Kier alpha value is -1.21. The van der Waals surface area contributed by atoms with E-state index in [4.69, 9.17) is 22.1 Å². The molecule has 2 fully saturated rings. The Morgan fingerprint density at radius 2 is 2.00 bits per heavy atom. The van der Waals surface area contributed by atoms with Crippen LogP contribution >= 0.6 is 11.6 Å². The second-order valence-corrected chi connectivity index (χ2v) is 11.6. The number of amides is 1. The van der Waals surface area contributed by atoms with Crippen molar-refractivity contribution in [3.63, 3.8) is 0 Å². The van der Waals surface area contributed by atoms with Crippen molar-refractivity contribution in [2.75, 3.05) is 26.8 Å². The first-order valence-corrected chi connectivity index (χ1v) is 14.3. The smallest absolute Gasteiger partial charge is 0.222 e. The van der Waals surface area contributed by atoms with E-state index in [1.807, 2.05) is 4.90 Å². The first-order chi connectivity index (χ1) is 17.3. The first kappa shape index (κ1) is 29.3. The van der Waals surface area contributed by atoms with E-state index >= 15 is 4.39 Å². The Morgan fingerprint density at radius 3 is 2.72 bits per heavy atom. The van der Waals surface area contributed by atoms with Gasteiger partial charge in [-0.15, -0.1) is 0 Å². The standard InChI is InChI=1S/C29H46ClFN2O3/c1-21(26(32)19-22-10-4-3-5-11-22)18-27(34)33-16-9-12-23(20-33)29(35,15-6-7-17-36-2)24-13-8-14-25(30)28(24)31/h8,13-14,21-23,26,35H,3-7,9-12,15-20,32H2,1-2H3/t21-,23-,26+,29+/m1/s1. The lowest BCUT2D eigenvalue weighted by Crippen LogP contribution is -2.49. The topological polar surface area (TPSA) is 75.8 Å². The number of rotatable bonds is 12. The SMILES string of the molecule is COCCCC[C@@](O)(c1cccc(Cl)c1F)[C@@H]1CCCN(C(=O)C[C@@H](C)[C@@H](N)CC2CCCCC2)C1. The lowest BCUT2D eigenvalue weighted by Gasteiger charge is -2.43. The van der Waals surface area contributed by atoms with Crippen LogP contribution in [0.2, 0.25) is 5.02 Å². The molecule has 36 heavy (non-hydrogen) atoms. The van der Waals surface area contributed by atoms with Crippen LogP contribution in [0.4, 0.5) is 4.39 Å². The quantitative estimate of drug-likeness (QED) is 0.326. The number of piperidine rings is 1. The van der Waals surface area contributed by atoms with Crippen LogP contribution in [0.25, 0.3) is 0 Å². The van der Waals surface area contributed by atoms with Gasteiger partial charge in [-0.05, 0) is 56.4 Å². The van der Waals surface area contributed by atoms with Gasteiger partial charge in [0.1, 0.15) is 5.82 Å². The third kappa shape index (κ3) is 7.66. The van der Waals surface area contributed by atoms with E-state index in [0.29, 0.717) is 44.9 Å². The summed E-state index contributed by atoms with van der Waals surface area (Å²) < 4.78 is 20.3. The number of aliphatic hydroxyl groups is 1. The minimum atomic E-state index is -1.40. The third-order valence-electron chi connectivity index (χ3n) is 8.58. The number of carbonyl (C=O) groups excluding carboxylic acids is 1. The fourth-order valence-electron chi connectivity index (χ4n) is 6.23. The van der Waals surface area contributed by atoms with Gasteiger partial charge >= 0.3 is 0 Å². The zero-order chi connectivity index (χ0) is 26.1. The molecule has 4 atom stereocenters. The molecule has 3 rings (SSSR count). The van der Waals surface area contributed by atoms with Crippen molar-refractivity contribution in [1.82, 2.24) is 4.90 Å². The molecule has 0 unspecified atom stereocenters. The Bertz CT molecular complexity index is 835. The fourth-order valence-corrected chi connectivity index (χ4v) is 6.40. The highest BCUT2D eigenvalue weighted by atomic mass is 35.5. The van der Waals surface area contributed by atoms with E-state index < -0.39 is 11.4 Å². The van der Waals surface area contributed by atoms with E-state index in [2.05, 4.69) is 6.92 Å². The molecule has 1 saturated heterocycles. The van der Waals surface area contributed by atoms with Gasteiger partial charge in [-0.1, -0.05) is 62.8 Å². The number of hydrogen-bond donors (Lipinski definition) is 2. The molecule has 2 aliphatic rings. The highest BCUT2D eigenvalue weighted by Crippen LogP contribution is 2.42. The Labute approximate surface area is 221 Å². The zero-order valence-electron chi connectivity index (χ0n) is 22.2. The van der Waals surface area contributed by atoms with Gasteiger partial charge in [-0.3, -0.25) is 4.79 Å². The third-order valence-corrected chi connectivity index (χ3v) is 8.87. The minimum Gasteiger partial charge on any atom is -0.385 e. The average molecular weight is 525 g/mol. The van der Waals surface area contributed by atoms with Crippen molar-refractivity contribution in [3.05, 3.63) is 34.6 Å². The van der Waals surface area contributed by atoms with Crippen molar-refractivity contribution < 1.29 is 19.0 Å². The van der Waals surface area contributed by atoms with Crippen LogP contribution in [0.3, 0.4) is 0 Å². The van der Waals surface area contributed by atoms with Gasteiger partial charge in [-0.25, -0.2) is 4.39 Å². The van der Waals surface area contributed by atoms with E-state index in [9.17, 15) is 9.90 Å². The molecule has 0 spiro atoms. The minimum absolute atomic E-state index is 0.00679. The molecule has 1 heterocycles. The van der Waals surface area contributed by atoms with Crippen LogP contribution in [0.5, 0.6) is 0 Å². The van der Waals surface area contributed by atoms with Gasteiger partial charge in [0.15, 0.2) is 0 Å². The van der Waals surface area contributed by atoms with Gasteiger partial charge < -0.3 is 20.5 Å². The number of likely N-dealkylation sites (tertiary alicyclic amines) is 1. The van der Waals surface area contributed by atoms with Crippen molar-refractivity contribution in [2.24, 2.45) is 23.5 Å². The number of nitrogens with two attached hydrogens (primary N) is 1. The summed E-state index contributed by atoms with van der Waals surface area (Å²) in [7, 11) is 1.65. The number of ether oxygens (including phenoxy) is 1. The number of hydrogen-bond acceptors (Lipinski definition) is 4. The van der Waals surface area contributed by atoms with E-state index in [1.165, 1.54) is 38.2 Å². The van der Waals surface area contributed by atoms with Crippen LogP contribution in [0.1, 0.15) is 89.5 Å². The molecular formula is C29H46ClFN2O3. The molecule has 1 aromatic carbocycles. The molecule has 0 aromatic heterocycles. The van der Waals surface area contributed by atoms with Crippen LogP contribution in [0.15, 0.2) is 18.2 Å². The van der Waals surface area contributed by atoms with E-state index in [-0.39, 0.29) is 34.4 Å². The fraction of sp³-hybridized carbons (Fsp3) is 0.759. The Kier molecular flexibility index (Phi) is 11.5. The molecule has 204 valence electrons. The number of benzene rings is 1. The van der Waals surface area contributed by atoms with Crippen LogP contribution in [0, 0.1) is 23.6 Å². The molecule has 3 N–H and O–H groups in total. The summed E-state index contributed by atoms with van der Waals surface area (Å²) >= 11 is 6.10. The van der Waals surface area contributed by atoms with Gasteiger partial charge in [0.25, 0.3) is 0 Å². The van der Waals surface area contributed by atoms with Crippen molar-refractivity contribution in [1.29, 1.82) is 0 Å². The molecule has 1 saturated carbocycles. The lowest BCUT2D eigenvalue weighted by atomic mass is 9.73. The summed E-state index contributed by atoms with van der Waals surface area (Å²) in [5.41, 5.74) is 5.37. The zero-order valence-corrected chi connectivity index (χ0v) is 22.9. The van der Waals surface area contributed by atoms with Crippen LogP contribution in [-0.2, 0) is 15.1 Å². The summed E-state index contributed by atoms with van der Waals surface area (Å²) in [6, 6.07) is 4.84. The molecule has 1 aliphatic carbocycles. The number of carbonyl (C=O) groups is 1. The highest BCUT2D eigenvalue weighted by Gasteiger charge is 2.43. The summed E-state index contributed by atoms with van der Waals surface area (Å²) in [5, 5.41) is 12.0. The van der Waals surface area contributed by atoms with Crippen molar-refractivity contribution >= 4 is 17.5 Å². The van der Waals surface area contributed by atoms with Gasteiger partial charge in [0, 0.05) is 50.8 Å². The second-order valence-electron chi connectivity index (χ2n) is 11.2. The maximum atomic E-state index is 15.1. The monoisotopic (exact) mass is 524 g/mol. The van der Waals surface area contributed by atoms with Gasteiger partial charge in [0.05, 0.1) is 10.6 Å². The summed E-state index contributed by atoms with van der Waals surface area (Å²) in [6.07, 6.45) is 11.2. The van der Waals surface area contributed by atoms with Crippen LogP contribution < -0.4 is 5.73 Å². The Morgan fingerprint density at radius 1 is 1.25 bits per heavy atom. The number of nitrogens with zero attached hydrogens (tertiary/aromatic N) is 1. The molecular weight excluding hydrogens is 479 g/mol. The molecule has 1 amide bonds. The normalized spacial score (nSPS) is 22.7.